The first-order chi connectivity index (χ1) is 19.7. The fraction of sp³-hybridized carbons (Fsp3) is 0.367. The topological polar surface area (TPSA) is 139 Å². The van der Waals surface area contributed by atoms with Gasteiger partial charge in [0.05, 0.1) is 16.4 Å². The molecule has 0 spiro atoms. The van der Waals surface area contributed by atoms with Gasteiger partial charge in [0, 0.05) is 41.0 Å². The van der Waals surface area contributed by atoms with Crippen LogP contribution < -0.4 is 22.5 Å². The van der Waals surface area contributed by atoms with Crippen LogP contribution in [0.15, 0.2) is 53.5 Å². The molecule has 7 N–H and O–H groups in total. The Bertz CT molecular complexity index is 1600. The van der Waals surface area contributed by atoms with Gasteiger partial charge in [0.25, 0.3) is 0 Å². The zero-order chi connectivity index (χ0) is 29.1. The number of halogens is 2. The number of aromatic amines is 1. The summed E-state index contributed by atoms with van der Waals surface area (Å²) in [6.45, 7) is 1.93. The number of H-pyrrole nitrogens is 1. The summed E-state index contributed by atoms with van der Waals surface area (Å²) in [5.41, 5.74) is 14.9. The zero-order valence-corrected chi connectivity index (χ0v) is 24.5. The Kier molecular flexibility index (Phi) is 9.13. The number of benzene rings is 2. The van der Waals surface area contributed by atoms with E-state index in [4.69, 9.17) is 28.5 Å². The van der Waals surface area contributed by atoms with Crippen LogP contribution in [0.3, 0.4) is 0 Å². The highest BCUT2D eigenvalue weighted by atomic mass is 35.5. The first-order valence-corrected chi connectivity index (χ1v) is 15.2. The van der Waals surface area contributed by atoms with E-state index in [9.17, 15) is 4.79 Å². The van der Waals surface area contributed by atoms with Gasteiger partial charge in [-0.1, -0.05) is 41.9 Å². The quantitative estimate of drug-likeness (QED) is 0.125. The summed E-state index contributed by atoms with van der Waals surface area (Å²) in [5.74, 6) is 0.307. The standard InChI is InChI=1S/C30H35ClFN7OS/c1-17(33)5-6-18-13-23(27(32)24(31)14-18)26-15-20-16-39(30(40)38-28(20)37-26)22-9-7-19(8-10-22)25-4-2-3-21(36-25)11-12-41-29(34)35/h7-10,13-17,21,25,36H,2-6,11-12,33H2,1H3,(H3,34,35)(H,37,38,40)/t17-,21+,25+/m1/s1. The van der Waals surface area contributed by atoms with Gasteiger partial charge in [-0.05, 0) is 80.5 Å². The lowest BCUT2D eigenvalue weighted by atomic mass is 9.92. The van der Waals surface area contributed by atoms with Gasteiger partial charge < -0.3 is 21.8 Å². The molecule has 0 saturated carbocycles. The Morgan fingerprint density at radius 2 is 2.05 bits per heavy atom. The molecule has 11 heteroatoms. The van der Waals surface area contributed by atoms with Crippen LogP contribution in [0.5, 0.6) is 0 Å². The average molecular weight is 596 g/mol. The number of aryl methyl sites for hydroxylation is 1. The first kappa shape index (κ1) is 29.3. The molecule has 0 radical (unpaired) electrons. The van der Waals surface area contributed by atoms with Crippen molar-refractivity contribution in [3.05, 3.63) is 81.1 Å². The van der Waals surface area contributed by atoms with Gasteiger partial charge in [0.1, 0.15) is 5.65 Å². The number of amidine groups is 1. The van der Waals surface area contributed by atoms with Gasteiger partial charge in [0.2, 0.25) is 0 Å². The maximum atomic E-state index is 15.0. The Balaban J connectivity index is 1.36. The molecule has 3 atom stereocenters. The highest BCUT2D eigenvalue weighted by molar-refractivity contribution is 8.13. The molecule has 4 aromatic rings. The number of fused-ring (bicyclic) bond motifs is 1. The number of piperidine rings is 1. The van der Waals surface area contributed by atoms with E-state index in [-0.39, 0.29) is 22.3 Å². The predicted octanol–water partition coefficient (Wildman–Crippen LogP) is 5.65. The van der Waals surface area contributed by atoms with Crippen molar-refractivity contribution in [1.82, 2.24) is 19.9 Å². The molecule has 2 aromatic carbocycles. The summed E-state index contributed by atoms with van der Waals surface area (Å²) in [6, 6.07) is 13.8. The van der Waals surface area contributed by atoms with E-state index in [0.29, 0.717) is 40.4 Å². The Morgan fingerprint density at radius 1 is 1.27 bits per heavy atom. The third-order valence-electron chi connectivity index (χ3n) is 7.55. The van der Waals surface area contributed by atoms with Crippen LogP contribution in [0.4, 0.5) is 4.39 Å². The van der Waals surface area contributed by atoms with E-state index in [1.165, 1.54) is 21.9 Å². The highest BCUT2D eigenvalue weighted by Crippen LogP contribution is 2.32. The number of hydrogen-bond donors (Lipinski definition) is 5. The number of nitrogens with one attached hydrogen (secondary N) is 3. The molecule has 0 unspecified atom stereocenters. The monoisotopic (exact) mass is 595 g/mol. The van der Waals surface area contributed by atoms with Crippen LogP contribution in [0.2, 0.25) is 5.02 Å². The van der Waals surface area contributed by atoms with Gasteiger partial charge in [0.15, 0.2) is 11.0 Å². The van der Waals surface area contributed by atoms with Crippen LogP contribution in [0, 0.1) is 11.2 Å². The molecule has 0 bridgehead atoms. The molecule has 1 aliphatic rings. The van der Waals surface area contributed by atoms with Crippen molar-refractivity contribution in [2.75, 3.05) is 5.75 Å². The number of thioether (sulfide) groups is 1. The molecule has 3 heterocycles. The van der Waals surface area contributed by atoms with Crippen LogP contribution in [0.1, 0.15) is 56.2 Å². The van der Waals surface area contributed by atoms with E-state index in [2.05, 4.69) is 15.3 Å². The smallest absolute Gasteiger partial charge is 0.354 e. The lowest BCUT2D eigenvalue weighted by molar-refractivity contribution is 0.320. The molecule has 0 aliphatic carbocycles. The van der Waals surface area contributed by atoms with E-state index >= 15 is 4.39 Å². The van der Waals surface area contributed by atoms with Gasteiger partial charge in [-0.2, -0.15) is 4.98 Å². The van der Waals surface area contributed by atoms with Crippen molar-refractivity contribution >= 4 is 39.6 Å². The summed E-state index contributed by atoms with van der Waals surface area (Å²) in [6.07, 6.45) is 7.41. The summed E-state index contributed by atoms with van der Waals surface area (Å²) in [5, 5.41) is 12.0. The number of rotatable bonds is 9. The van der Waals surface area contributed by atoms with Gasteiger partial charge in [-0.25, -0.2) is 9.18 Å². The largest absolute Gasteiger partial charge is 0.379 e. The zero-order valence-electron chi connectivity index (χ0n) is 22.9. The predicted molar refractivity (Wildman–Crippen MR) is 167 cm³/mol. The highest BCUT2D eigenvalue weighted by Gasteiger charge is 2.22. The van der Waals surface area contributed by atoms with Crippen LogP contribution in [-0.2, 0) is 6.42 Å². The molecule has 8 nitrogen and oxygen atoms in total. The SMILES string of the molecule is C[C@@H](N)CCc1cc(Cl)c(F)c(-c2cc3cn(-c4ccc([C@@H]5CCC[C@@H](CCSC(=N)N)N5)cc4)c(=O)nc3[nH]2)c1. The lowest BCUT2D eigenvalue weighted by Crippen LogP contribution is -2.37. The molecule has 0 amide bonds. The van der Waals surface area contributed by atoms with Crippen molar-refractivity contribution in [3.8, 4) is 16.9 Å². The second-order valence-corrected chi connectivity index (χ2v) is 12.3. The minimum absolute atomic E-state index is 0.0261. The molecule has 1 aliphatic heterocycles. The molecule has 1 fully saturated rings. The van der Waals surface area contributed by atoms with Crippen molar-refractivity contribution < 1.29 is 4.39 Å². The van der Waals surface area contributed by atoms with E-state index in [1.807, 2.05) is 31.2 Å². The van der Waals surface area contributed by atoms with E-state index in [0.717, 1.165) is 43.4 Å². The van der Waals surface area contributed by atoms with Gasteiger partial charge in [-0.3, -0.25) is 9.98 Å². The fourth-order valence-corrected chi connectivity index (χ4v) is 6.26. The molecular formula is C30H35ClFN7OS. The molecule has 1 saturated heterocycles. The first-order valence-electron chi connectivity index (χ1n) is 13.9. The minimum atomic E-state index is -0.523. The second kappa shape index (κ2) is 12.8. The van der Waals surface area contributed by atoms with Gasteiger partial charge in [-0.15, -0.1) is 0 Å². The number of nitrogens with zero attached hydrogens (tertiary/aromatic N) is 2. The van der Waals surface area contributed by atoms with Crippen molar-refractivity contribution in [2.45, 2.75) is 63.6 Å². The van der Waals surface area contributed by atoms with Crippen LogP contribution >= 0.6 is 23.4 Å². The lowest BCUT2D eigenvalue weighted by Gasteiger charge is -2.31. The average Bonchev–Trinajstić information content (AvgIpc) is 3.35. The van der Waals surface area contributed by atoms with Crippen LogP contribution in [-0.4, -0.2) is 37.5 Å². The number of aromatic nitrogens is 3. The third kappa shape index (κ3) is 7.01. The second-order valence-electron chi connectivity index (χ2n) is 10.8. The Hall–Kier alpha value is -3.18. The summed E-state index contributed by atoms with van der Waals surface area (Å²) < 4.78 is 16.5. The fourth-order valence-electron chi connectivity index (χ4n) is 5.39. The summed E-state index contributed by atoms with van der Waals surface area (Å²) in [7, 11) is 0. The van der Waals surface area contributed by atoms with Gasteiger partial charge >= 0.3 is 5.69 Å². The molecule has 2 aromatic heterocycles. The molecular weight excluding hydrogens is 561 g/mol. The molecule has 5 rings (SSSR count). The normalized spacial score (nSPS) is 18.0. The van der Waals surface area contributed by atoms with E-state index in [1.54, 1.807) is 24.4 Å². The number of hydrogen-bond acceptors (Lipinski definition) is 6. The Labute approximate surface area is 247 Å². The maximum absolute atomic E-state index is 15.0. The number of nitrogens with two attached hydrogens (primary N) is 2. The van der Waals surface area contributed by atoms with Crippen molar-refractivity contribution in [2.24, 2.45) is 11.5 Å². The summed E-state index contributed by atoms with van der Waals surface area (Å²) >= 11 is 7.60. The van der Waals surface area contributed by atoms with Crippen molar-refractivity contribution in [1.29, 1.82) is 5.41 Å². The van der Waals surface area contributed by atoms with Crippen molar-refractivity contribution in [3.63, 3.8) is 0 Å². The van der Waals surface area contributed by atoms with Crippen LogP contribution in [0.25, 0.3) is 28.0 Å². The Morgan fingerprint density at radius 3 is 2.78 bits per heavy atom. The third-order valence-corrected chi connectivity index (χ3v) is 8.58. The summed E-state index contributed by atoms with van der Waals surface area (Å²) in [4.78, 5) is 20.3. The molecule has 216 valence electrons. The van der Waals surface area contributed by atoms with E-state index < -0.39 is 11.5 Å². The molecule has 41 heavy (non-hydrogen) atoms. The minimum Gasteiger partial charge on any atom is -0.379 e. The maximum Gasteiger partial charge on any atom is 0.354 e.